The molecular weight excluding hydrogens is 306 g/mol. The first-order valence-corrected chi connectivity index (χ1v) is 9.77. The fraction of sp³-hybridized carbons (Fsp3) is 0.929. The van der Waals surface area contributed by atoms with Crippen LogP contribution in [0.1, 0.15) is 12.8 Å². The molecule has 0 radical (unpaired) electrons. The molecule has 1 atom stereocenters. The van der Waals surface area contributed by atoms with Crippen LogP contribution in [0.5, 0.6) is 0 Å². The molecule has 0 saturated carbocycles. The van der Waals surface area contributed by atoms with Crippen molar-refractivity contribution in [3.05, 3.63) is 0 Å². The fourth-order valence-corrected chi connectivity index (χ4v) is 4.86. The molecule has 2 heterocycles. The average molecular weight is 333 g/mol. The average Bonchev–Trinajstić information content (AvgIpc) is 2.70. The summed E-state index contributed by atoms with van der Waals surface area (Å²) in [5, 5.41) is 2.90. The SMILES string of the molecule is COCCN1CCCN(C(=O)NC[C@@H]2CCS(=O)(=O)C2)CC1. The van der Waals surface area contributed by atoms with Gasteiger partial charge >= 0.3 is 6.03 Å². The normalized spacial score (nSPS) is 25.9. The second kappa shape index (κ2) is 8.12. The third kappa shape index (κ3) is 5.40. The Labute approximate surface area is 132 Å². The van der Waals surface area contributed by atoms with Crippen LogP contribution in [-0.2, 0) is 14.6 Å². The predicted octanol–water partition coefficient (Wildman–Crippen LogP) is -0.215. The Morgan fingerprint density at radius 1 is 1.27 bits per heavy atom. The van der Waals surface area contributed by atoms with Crippen molar-refractivity contribution in [2.45, 2.75) is 12.8 Å². The largest absolute Gasteiger partial charge is 0.383 e. The van der Waals surface area contributed by atoms with Crippen molar-refractivity contribution in [3.8, 4) is 0 Å². The van der Waals surface area contributed by atoms with Gasteiger partial charge in [-0.25, -0.2) is 13.2 Å². The fourth-order valence-electron chi connectivity index (χ4n) is 2.99. The zero-order valence-corrected chi connectivity index (χ0v) is 14.1. The summed E-state index contributed by atoms with van der Waals surface area (Å²) in [5.74, 6) is 0.531. The lowest BCUT2D eigenvalue weighted by atomic mass is 10.1. The molecule has 0 aromatic carbocycles. The van der Waals surface area contributed by atoms with Gasteiger partial charge in [-0.05, 0) is 25.3 Å². The number of hydrogen-bond donors (Lipinski definition) is 1. The maximum Gasteiger partial charge on any atom is 0.317 e. The molecule has 128 valence electrons. The van der Waals surface area contributed by atoms with Crippen LogP contribution in [0.15, 0.2) is 0 Å². The Hall–Kier alpha value is -0.860. The van der Waals surface area contributed by atoms with Crippen LogP contribution in [0.2, 0.25) is 0 Å². The molecule has 8 heteroatoms. The van der Waals surface area contributed by atoms with Crippen LogP contribution in [0, 0.1) is 5.92 Å². The second-order valence-electron chi connectivity index (χ2n) is 6.13. The molecule has 0 aliphatic carbocycles. The number of rotatable bonds is 5. The standard InChI is InChI=1S/C14H27N3O4S/c1-21-9-8-16-4-2-5-17(7-6-16)14(18)15-11-13-3-10-22(19,20)12-13/h13H,2-12H2,1H3,(H,15,18)/t13-/m0/s1. The van der Waals surface area contributed by atoms with Crippen LogP contribution >= 0.6 is 0 Å². The van der Waals surface area contributed by atoms with Crippen LogP contribution in [0.25, 0.3) is 0 Å². The number of methoxy groups -OCH3 is 1. The van der Waals surface area contributed by atoms with Crippen LogP contribution in [0.3, 0.4) is 0 Å². The van der Waals surface area contributed by atoms with Gasteiger partial charge in [0.2, 0.25) is 0 Å². The lowest BCUT2D eigenvalue weighted by Crippen LogP contribution is -2.43. The summed E-state index contributed by atoms with van der Waals surface area (Å²) < 4.78 is 27.9. The van der Waals surface area contributed by atoms with Gasteiger partial charge in [-0.1, -0.05) is 0 Å². The summed E-state index contributed by atoms with van der Waals surface area (Å²) in [6.07, 6.45) is 1.61. The van der Waals surface area contributed by atoms with Crippen molar-refractivity contribution in [1.82, 2.24) is 15.1 Å². The molecule has 0 aromatic rings. The summed E-state index contributed by atoms with van der Waals surface area (Å²) in [6, 6.07) is -0.0714. The van der Waals surface area contributed by atoms with Crippen molar-refractivity contribution in [1.29, 1.82) is 0 Å². The minimum absolute atomic E-state index is 0.0686. The van der Waals surface area contributed by atoms with E-state index in [1.54, 1.807) is 7.11 Å². The van der Waals surface area contributed by atoms with Crippen molar-refractivity contribution >= 4 is 15.9 Å². The summed E-state index contributed by atoms with van der Waals surface area (Å²) in [5.41, 5.74) is 0. The number of amides is 2. The Morgan fingerprint density at radius 2 is 2.09 bits per heavy atom. The molecule has 2 aliphatic heterocycles. The summed E-state index contributed by atoms with van der Waals surface area (Å²) in [4.78, 5) is 16.3. The lowest BCUT2D eigenvalue weighted by molar-refractivity contribution is 0.149. The maximum atomic E-state index is 12.2. The Kier molecular flexibility index (Phi) is 6.46. The smallest absolute Gasteiger partial charge is 0.317 e. The number of carbonyl (C=O) groups excluding carboxylic acids is 1. The van der Waals surface area contributed by atoms with E-state index in [0.717, 1.165) is 32.6 Å². The molecule has 0 aromatic heterocycles. The minimum atomic E-state index is -2.87. The maximum absolute atomic E-state index is 12.2. The third-order valence-electron chi connectivity index (χ3n) is 4.36. The quantitative estimate of drug-likeness (QED) is 0.753. The molecule has 0 bridgehead atoms. The zero-order valence-electron chi connectivity index (χ0n) is 13.3. The van der Waals surface area contributed by atoms with Crippen LogP contribution < -0.4 is 5.32 Å². The van der Waals surface area contributed by atoms with Gasteiger partial charge in [-0.3, -0.25) is 4.90 Å². The van der Waals surface area contributed by atoms with E-state index in [0.29, 0.717) is 26.1 Å². The predicted molar refractivity (Wildman–Crippen MR) is 84.7 cm³/mol. The molecule has 0 spiro atoms. The highest BCUT2D eigenvalue weighted by atomic mass is 32.2. The second-order valence-corrected chi connectivity index (χ2v) is 8.36. The monoisotopic (exact) mass is 333 g/mol. The Morgan fingerprint density at radius 3 is 2.77 bits per heavy atom. The highest BCUT2D eigenvalue weighted by Crippen LogP contribution is 2.17. The van der Waals surface area contributed by atoms with E-state index in [1.807, 2.05) is 4.90 Å². The highest BCUT2D eigenvalue weighted by molar-refractivity contribution is 7.91. The van der Waals surface area contributed by atoms with Gasteiger partial charge in [0.15, 0.2) is 9.84 Å². The van der Waals surface area contributed by atoms with Gasteiger partial charge < -0.3 is 15.0 Å². The van der Waals surface area contributed by atoms with Gasteiger partial charge in [0.25, 0.3) is 0 Å². The molecule has 2 saturated heterocycles. The molecule has 22 heavy (non-hydrogen) atoms. The van der Waals surface area contributed by atoms with Crippen molar-refractivity contribution in [2.24, 2.45) is 5.92 Å². The first-order chi connectivity index (χ1) is 10.5. The minimum Gasteiger partial charge on any atom is -0.383 e. The van der Waals surface area contributed by atoms with Crippen LogP contribution in [-0.4, -0.2) is 88.7 Å². The number of nitrogens with one attached hydrogen (secondary N) is 1. The summed E-state index contributed by atoms with van der Waals surface area (Å²) in [6.45, 7) is 5.36. The Balaban J connectivity index is 1.71. The number of urea groups is 1. The van der Waals surface area contributed by atoms with Crippen molar-refractivity contribution in [3.63, 3.8) is 0 Å². The molecule has 0 unspecified atom stereocenters. The van der Waals surface area contributed by atoms with Gasteiger partial charge in [0.1, 0.15) is 0 Å². The lowest BCUT2D eigenvalue weighted by Gasteiger charge is -2.22. The number of ether oxygens (including phenoxy) is 1. The Bertz CT molecular complexity index is 469. The van der Waals surface area contributed by atoms with Gasteiger partial charge in [-0.2, -0.15) is 0 Å². The zero-order chi connectivity index (χ0) is 16.0. The summed E-state index contributed by atoms with van der Waals surface area (Å²) >= 11 is 0. The van der Waals surface area contributed by atoms with E-state index in [4.69, 9.17) is 4.74 Å². The van der Waals surface area contributed by atoms with Crippen LogP contribution in [0.4, 0.5) is 4.79 Å². The number of nitrogens with zero attached hydrogens (tertiary/aromatic N) is 2. The van der Waals surface area contributed by atoms with Gasteiger partial charge in [-0.15, -0.1) is 0 Å². The molecule has 7 nitrogen and oxygen atoms in total. The van der Waals surface area contributed by atoms with Crippen molar-refractivity contribution in [2.75, 3.05) is 64.5 Å². The topological polar surface area (TPSA) is 79.0 Å². The van der Waals surface area contributed by atoms with E-state index in [9.17, 15) is 13.2 Å². The number of carbonyl (C=O) groups is 1. The van der Waals surface area contributed by atoms with E-state index in [1.165, 1.54) is 0 Å². The van der Waals surface area contributed by atoms with Gasteiger partial charge in [0, 0.05) is 39.8 Å². The molecule has 2 rings (SSSR count). The first-order valence-electron chi connectivity index (χ1n) is 7.94. The van der Waals surface area contributed by atoms with E-state index in [2.05, 4.69) is 10.2 Å². The van der Waals surface area contributed by atoms with E-state index < -0.39 is 9.84 Å². The molecule has 2 fully saturated rings. The summed E-state index contributed by atoms with van der Waals surface area (Å²) in [7, 11) is -1.18. The van der Waals surface area contributed by atoms with Gasteiger partial charge in [0.05, 0.1) is 18.1 Å². The first kappa shape index (κ1) is 17.5. The molecule has 1 N–H and O–H groups in total. The van der Waals surface area contributed by atoms with Crippen molar-refractivity contribution < 1.29 is 17.9 Å². The number of sulfone groups is 1. The molecule has 2 amide bonds. The van der Waals surface area contributed by atoms with E-state index in [-0.39, 0.29) is 23.5 Å². The van der Waals surface area contributed by atoms with E-state index >= 15 is 0 Å². The number of hydrogen-bond acceptors (Lipinski definition) is 5. The highest BCUT2D eigenvalue weighted by Gasteiger charge is 2.28. The molecular formula is C14H27N3O4S. The third-order valence-corrected chi connectivity index (χ3v) is 6.19. The molecule has 2 aliphatic rings.